The van der Waals surface area contributed by atoms with Crippen LogP contribution in [-0.2, 0) is 13.0 Å². The Hall–Kier alpha value is -0.940. The first-order chi connectivity index (χ1) is 9.15. The highest BCUT2D eigenvalue weighted by atomic mass is 15.3. The summed E-state index contributed by atoms with van der Waals surface area (Å²) < 4.78 is 2.30. The van der Waals surface area contributed by atoms with E-state index in [1.54, 1.807) is 0 Å². The van der Waals surface area contributed by atoms with Gasteiger partial charge in [0.2, 0.25) is 0 Å². The quantitative estimate of drug-likeness (QED) is 0.891. The lowest BCUT2D eigenvalue weighted by atomic mass is 10.2. The highest BCUT2D eigenvalue weighted by Crippen LogP contribution is 2.21. The summed E-state index contributed by atoms with van der Waals surface area (Å²) in [7, 11) is 0. The molecule has 5 heteroatoms. The topological polar surface area (TPSA) is 46.0 Å². The van der Waals surface area contributed by atoms with Crippen LogP contribution in [0.15, 0.2) is 0 Å². The lowest BCUT2D eigenvalue weighted by Gasteiger charge is -2.22. The minimum absolute atomic E-state index is 0.302. The second-order valence-electron chi connectivity index (χ2n) is 6.19. The SMILES string of the molecule is CC(NC1CCN(C(C)C)C1)c1nnc2n1CCC2. The molecule has 1 aromatic rings. The monoisotopic (exact) mass is 263 g/mol. The molecule has 19 heavy (non-hydrogen) atoms. The molecule has 0 saturated carbocycles. The predicted octanol–water partition coefficient (Wildman–Crippen LogP) is 1.36. The first-order valence-corrected chi connectivity index (χ1v) is 7.57. The first-order valence-electron chi connectivity index (χ1n) is 7.57. The van der Waals surface area contributed by atoms with Gasteiger partial charge in [-0.1, -0.05) is 0 Å². The molecule has 0 bridgehead atoms. The third-order valence-electron chi connectivity index (χ3n) is 4.46. The van der Waals surface area contributed by atoms with Crippen molar-refractivity contribution >= 4 is 0 Å². The molecular formula is C14H25N5. The van der Waals surface area contributed by atoms with Gasteiger partial charge in [-0.15, -0.1) is 10.2 Å². The van der Waals surface area contributed by atoms with Crippen LogP contribution in [0.4, 0.5) is 0 Å². The zero-order valence-corrected chi connectivity index (χ0v) is 12.3. The Labute approximate surface area is 115 Å². The van der Waals surface area contributed by atoms with Gasteiger partial charge in [-0.2, -0.15) is 0 Å². The zero-order valence-electron chi connectivity index (χ0n) is 12.3. The van der Waals surface area contributed by atoms with Crippen LogP contribution in [-0.4, -0.2) is 44.8 Å². The number of aromatic nitrogens is 3. The van der Waals surface area contributed by atoms with E-state index in [1.165, 1.54) is 25.2 Å². The van der Waals surface area contributed by atoms with Crippen molar-refractivity contribution in [3.8, 4) is 0 Å². The molecule has 0 aliphatic carbocycles. The molecule has 2 aliphatic heterocycles. The molecule has 3 rings (SSSR count). The molecule has 2 atom stereocenters. The fourth-order valence-electron chi connectivity index (χ4n) is 3.31. The van der Waals surface area contributed by atoms with Crippen LogP contribution in [0.3, 0.4) is 0 Å². The van der Waals surface area contributed by atoms with Gasteiger partial charge < -0.3 is 9.88 Å². The largest absolute Gasteiger partial charge is 0.314 e. The third kappa shape index (κ3) is 2.54. The fourth-order valence-corrected chi connectivity index (χ4v) is 3.31. The summed E-state index contributed by atoms with van der Waals surface area (Å²) in [5.74, 6) is 2.29. The lowest BCUT2D eigenvalue weighted by molar-refractivity contribution is 0.265. The molecule has 1 N–H and O–H groups in total. The molecule has 2 unspecified atom stereocenters. The van der Waals surface area contributed by atoms with Gasteiger partial charge >= 0.3 is 0 Å². The van der Waals surface area contributed by atoms with Gasteiger partial charge in [-0.3, -0.25) is 4.90 Å². The van der Waals surface area contributed by atoms with Gasteiger partial charge in [-0.05, 0) is 40.2 Å². The Morgan fingerprint density at radius 1 is 1.21 bits per heavy atom. The third-order valence-corrected chi connectivity index (χ3v) is 4.46. The van der Waals surface area contributed by atoms with Crippen LogP contribution in [0.1, 0.15) is 51.3 Å². The number of rotatable bonds is 4. The summed E-state index contributed by atoms with van der Waals surface area (Å²) >= 11 is 0. The maximum Gasteiger partial charge on any atom is 0.149 e. The molecule has 1 aromatic heterocycles. The number of hydrogen-bond acceptors (Lipinski definition) is 4. The molecule has 5 nitrogen and oxygen atoms in total. The van der Waals surface area contributed by atoms with Crippen molar-refractivity contribution in [1.29, 1.82) is 0 Å². The van der Waals surface area contributed by atoms with Crippen molar-refractivity contribution in [2.24, 2.45) is 0 Å². The number of nitrogens with one attached hydrogen (secondary N) is 1. The summed E-state index contributed by atoms with van der Waals surface area (Å²) in [5, 5.41) is 12.4. The number of nitrogens with zero attached hydrogens (tertiary/aromatic N) is 4. The second-order valence-corrected chi connectivity index (χ2v) is 6.19. The summed E-state index contributed by atoms with van der Waals surface area (Å²) in [6.07, 6.45) is 3.54. The van der Waals surface area contributed by atoms with Crippen LogP contribution in [0, 0.1) is 0 Å². The number of fused-ring (bicyclic) bond motifs is 1. The number of hydrogen-bond donors (Lipinski definition) is 1. The van der Waals surface area contributed by atoms with Crippen LogP contribution in [0.25, 0.3) is 0 Å². The van der Waals surface area contributed by atoms with E-state index in [9.17, 15) is 0 Å². The number of likely N-dealkylation sites (tertiary alicyclic amines) is 1. The van der Waals surface area contributed by atoms with Gasteiger partial charge in [0.05, 0.1) is 6.04 Å². The minimum atomic E-state index is 0.302. The average molecular weight is 263 g/mol. The van der Waals surface area contributed by atoms with Crippen LogP contribution in [0.5, 0.6) is 0 Å². The molecule has 0 spiro atoms. The van der Waals surface area contributed by atoms with E-state index in [2.05, 4.69) is 45.8 Å². The Morgan fingerprint density at radius 3 is 2.79 bits per heavy atom. The standard InChI is InChI=1S/C14H25N5/c1-10(2)18-8-6-12(9-18)15-11(3)14-17-16-13-5-4-7-19(13)14/h10-12,15H,4-9H2,1-3H3. The molecule has 0 amide bonds. The van der Waals surface area contributed by atoms with E-state index in [0.717, 1.165) is 25.3 Å². The maximum atomic E-state index is 4.37. The molecule has 0 radical (unpaired) electrons. The predicted molar refractivity (Wildman–Crippen MR) is 75.0 cm³/mol. The molecule has 3 heterocycles. The molecule has 2 aliphatic rings. The second kappa shape index (κ2) is 5.21. The zero-order chi connectivity index (χ0) is 13.4. The minimum Gasteiger partial charge on any atom is -0.314 e. The molecule has 106 valence electrons. The van der Waals surface area contributed by atoms with Crippen LogP contribution in [0.2, 0.25) is 0 Å². The molecule has 0 aromatic carbocycles. The van der Waals surface area contributed by atoms with E-state index >= 15 is 0 Å². The van der Waals surface area contributed by atoms with Crippen molar-refractivity contribution in [3.63, 3.8) is 0 Å². The van der Waals surface area contributed by atoms with Crippen molar-refractivity contribution in [1.82, 2.24) is 25.0 Å². The molecular weight excluding hydrogens is 238 g/mol. The highest BCUT2D eigenvalue weighted by molar-refractivity contribution is 5.04. The summed E-state index contributed by atoms with van der Waals surface area (Å²) in [5.41, 5.74) is 0. The Balaban J connectivity index is 1.61. The van der Waals surface area contributed by atoms with Gasteiger partial charge in [0.15, 0.2) is 0 Å². The molecule has 1 saturated heterocycles. The summed E-state index contributed by atoms with van der Waals surface area (Å²) in [4.78, 5) is 2.54. The summed E-state index contributed by atoms with van der Waals surface area (Å²) in [6, 6.07) is 1.54. The van der Waals surface area contributed by atoms with Crippen molar-refractivity contribution in [2.75, 3.05) is 13.1 Å². The highest BCUT2D eigenvalue weighted by Gasteiger charge is 2.27. The van der Waals surface area contributed by atoms with Crippen molar-refractivity contribution in [2.45, 2.75) is 64.7 Å². The Bertz CT molecular complexity index is 439. The summed E-state index contributed by atoms with van der Waals surface area (Å²) in [6.45, 7) is 10.2. The van der Waals surface area contributed by atoms with Gasteiger partial charge in [0.25, 0.3) is 0 Å². The van der Waals surface area contributed by atoms with E-state index in [4.69, 9.17) is 0 Å². The fraction of sp³-hybridized carbons (Fsp3) is 0.857. The number of aryl methyl sites for hydroxylation is 1. The average Bonchev–Trinajstić information content (AvgIpc) is 3.03. The van der Waals surface area contributed by atoms with E-state index < -0.39 is 0 Å². The Kier molecular flexibility index (Phi) is 3.58. The van der Waals surface area contributed by atoms with Crippen molar-refractivity contribution in [3.05, 3.63) is 11.6 Å². The normalized spacial score (nSPS) is 25.2. The van der Waals surface area contributed by atoms with Crippen LogP contribution < -0.4 is 5.32 Å². The van der Waals surface area contributed by atoms with Crippen molar-refractivity contribution < 1.29 is 0 Å². The van der Waals surface area contributed by atoms with E-state index in [-0.39, 0.29) is 0 Å². The van der Waals surface area contributed by atoms with E-state index in [1.807, 2.05) is 0 Å². The first kappa shape index (κ1) is 13.1. The van der Waals surface area contributed by atoms with Gasteiger partial charge in [-0.25, -0.2) is 0 Å². The smallest absolute Gasteiger partial charge is 0.149 e. The lowest BCUT2D eigenvalue weighted by Crippen LogP contribution is -2.37. The van der Waals surface area contributed by atoms with Gasteiger partial charge in [0.1, 0.15) is 11.6 Å². The Morgan fingerprint density at radius 2 is 2.05 bits per heavy atom. The molecule has 1 fully saturated rings. The maximum absolute atomic E-state index is 4.37. The van der Waals surface area contributed by atoms with E-state index in [0.29, 0.717) is 18.1 Å². The van der Waals surface area contributed by atoms with Crippen LogP contribution >= 0.6 is 0 Å². The van der Waals surface area contributed by atoms with Gasteiger partial charge in [0, 0.05) is 31.6 Å².